The number of benzene rings is 3. The average Bonchev–Trinajstić information content (AvgIpc) is 3.91. The van der Waals surface area contributed by atoms with Gasteiger partial charge in [0, 0.05) is 58.8 Å². The van der Waals surface area contributed by atoms with Crippen LogP contribution >= 0.6 is 0 Å². The first kappa shape index (κ1) is 41.9. The molecule has 69 heavy (non-hydrogen) atoms. The van der Waals surface area contributed by atoms with Crippen LogP contribution in [0.1, 0.15) is 98.2 Å². The maximum absolute atomic E-state index is 4.15. The molecule has 348 valence electrons. The van der Waals surface area contributed by atoms with Crippen molar-refractivity contribution in [2.45, 2.75) is 106 Å². The molecule has 0 spiro atoms. The Hall–Kier alpha value is -6.08. The van der Waals surface area contributed by atoms with E-state index in [9.17, 15) is 0 Å². The molecule has 0 aromatic heterocycles. The van der Waals surface area contributed by atoms with E-state index in [0.717, 1.165) is 38.1 Å². The van der Waals surface area contributed by atoms with Crippen LogP contribution in [0.15, 0.2) is 199 Å². The monoisotopic (exact) mass is 907 g/mol. The van der Waals surface area contributed by atoms with Crippen molar-refractivity contribution in [1.29, 1.82) is 0 Å². The second-order valence-corrected chi connectivity index (χ2v) is 21.8. The summed E-state index contributed by atoms with van der Waals surface area (Å²) in [6, 6.07) is 30.5. The summed E-state index contributed by atoms with van der Waals surface area (Å²) in [6.07, 6.45) is 50.6. The van der Waals surface area contributed by atoms with E-state index in [-0.39, 0.29) is 12.2 Å². The predicted molar refractivity (Wildman–Crippen MR) is 283 cm³/mol. The molecule has 3 fully saturated rings. The van der Waals surface area contributed by atoms with E-state index in [1.165, 1.54) is 77.1 Å². The SMILES string of the molecule is C1=CCNC(C2C=CC(C3CC(C4=CC=C(N5c6ccc(C7C8C=C9C%10CCC=CC%10N(c%10ccccc%10)C9CC87)cc6C6=CC=CCC65)CC4)NC(c4ccc(C5C=CC=CN5)cc4)N3)CC2)=C1. The van der Waals surface area contributed by atoms with Crippen LogP contribution in [0.3, 0.4) is 0 Å². The van der Waals surface area contributed by atoms with Gasteiger partial charge in [0.15, 0.2) is 0 Å². The van der Waals surface area contributed by atoms with Crippen molar-refractivity contribution in [3.05, 3.63) is 221 Å². The molecule has 14 rings (SSSR count). The first-order valence-corrected chi connectivity index (χ1v) is 26.6. The Morgan fingerprint density at radius 2 is 1.58 bits per heavy atom. The minimum Gasteiger partial charge on any atom is -0.384 e. The van der Waals surface area contributed by atoms with E-state index in [1.807, 2.05) is 6.20 Å². The fourth-order valence-electron chi connectivity index (χ4n) is 14.7. The Labute approximate surface area is 409 Å². The quantitative estimate of drug-likeness (QED) is 0.169. The number of allylic oxidation sites excluding steroid dienone is 12. The number of nitrogens with zero attached hydrogens (tertiary/aromatic N) is 2. The molecule has 3 aromatic carbocycles. The lowest BCUT2D eigenvalue weighted by Gasteiger charge is -2.43. The number of nitrogens with one attached hydrogen (secondary N) is 4. The van der Waals surface area contributed by atoms with E-state index in [2.05, 4.69) is 201 Å². The van der Waals surface area contributed by atoms with Gasteiger partial charge in [0.05, 0.1) is 30.3 Å². The van der Waals surface area contributed by atoms with Crippen molar-refractivity contribution in [3.8, 4) is 0 Å². The summed E-state index contributed by atoms with van der Waals surface area (Å²) in [5, 5.41) is 15.4. The largest absolute Gasteiger partial charge is 0.384 e. The lowest BCUT2D eigenvalue weighted by molar-refractivity contribution is 0.213. The van der Waals surface area contributed by atoms with E-state index >= 15 is 0 Å². The summed E-state index contributed by atoms with van der Waals surface area (Å²) in [4.78, 5) is 5.52. The molecule has 3 aromatic rings. The standard InChI is InChI=1S/C63H66N6/c1-2-12-46(13-3-1)69-59-19-7-5-15-49(59)51-37-52-53(38-61(51)69)62(52)45-30-33-60-50(36-45)48-14-4-6-18-58(48)68(60)47-31-28-43(29-32-47)57-39-56(42-22-20-40(21-23-42)54-16-8-10-34-64-54)66-63(67-57)44-26-24-41(25-27-44)55-17-9-11-35-65-55/h1-4,6-14,16-17,19-20,22,24-28,30-31,33,35-37,40,42,49,52-53,55-59,61-67H,5,15,18,21,23,29,32,34,38-39H2. The van der Waals surface area contributed by atoms with Gasteiger partial charge < -0.3 is 20.4 Å². The number of dihydropyridines is 2. The third kappa shape index (κ3) is 7.44. The molecule has 13 atom stereocenters. The van der Waals surface area contributed by atoms with Crippen LogP contribution in [0.5, 0.6) is 0 Å². The van der Waals surface area contributed by atoms with Gasteiger partial charge in [-0.2, -0.15) is 0 Å². The maximum Gasteiger partial charge on any atom is 0.0842 e. The summed E-state index contributed by atoms with van der Waals surface area (Å²) in [5.74, 6) is 3.66. The van der Waals surface area contributed by atoms with Crippen molar-refractivity contribution in [3.63, 3.8) is 0 Å². The maximum atomic E-state index is 4.15. The smallest absolute Gasteiger partial charge is 0.0842 e. The van der Waals surface area contributed by atoms with Gasteiger partial charge in [-0.1, -0.05) is 133 Å². The van der Waals surface area contributed by atoms with Crippen LogP contribution in [-0.2, 0) is 0 Å². The Balaban J connectivity index is 0.724. The Bertz CT molecular complexity index is 2850. The molecule has 11 aliphatic rings. The first-order valence-electron chi connectivity index (χ1n) is 26.6. The van der Waals surface area contributed by atoms with Crippen LogP contribution in [0.25, 0.3) is 5.57 Å². The van der Waals surface area contributed by atoms with E-state index in [1.54, 1.807) is 16.7 Å². The first-order chi connectivity index (χ1) is 34.2. The zero-order valence-corrected chi connectivity index (χ0v) is 39.7. The highest BCUT2D eigenvalue weighted by molar-refractivity contribution is 5.91. The minimum atomic E-state index is 0.0828. The normalized spacial score (nSPS) is 35.5. The molecule has 0 amide bonds. The summed E-state index contributed by atoms with van der Waals surface area (Å²) in [5.41, 5.74) is 16.1. The van der Waals surface area contributed by atoms with E-state index in [4.69, 9.17) is 0 Å². The molecule has 6 nitrogen and oxygen atoms in total. The Morgan fingerprint density at radius 3 is 2.41 bits per heavy atom. The third-order valence-corrected chi connectivity index (χ3v) is 18.2. The van der Waals surface area contributed by atoms with Crippen molar-refractivity contribution in [2.75, 3.05) is 16.3 Å². The Kier molecular flexibility index (Phi) is 10.6. The zero-order valence-electron chi connectivity index (χ0n) is 39.7. The average molecular weight is 907 g/mol. The Morgan fingerprint density at radius 1 is 0.681 bits per heavy atom. The highest BCUT2D eigenvalue weighted by atomic mass is 15.2. The van der Waals surface area contributed by atoms with Crippen LogP contribution in [-0.4, -0.2) is 36.8 Å². The summed E-state index contributed by atoms with van der Waals surface area (Å²) in [7, 11) is 0. The summed E-state index contributed by atoms with van der Waals surface area (Å²) < 4.78 is 0. The van der Waals surface area contributed by atoms with Crippen molar-refractivity contribution >= 4 is 16.9 Å². The van der Waals surface area contributed by atoms with Crippen LogP contribution < -0.4 is 31.1 Å². The second kappa shape index (κ2) is 17.4. The van der Waals surface area contributed by atoms with Crippen molar-refractivity contribution in [2.24, 2.45) is 29.6 Å². The van der Waals surface area contributed by atoms with Gasteiger partial charge in [0.25, 0.3) is 0 Å². The number of para-hydroxylation sites is 1. The summed E-state index contributed by atoms with van der Waals surface area (Å²) >= 11 is 0. The van der Waals surface area contributed by atoms with Gasteiger partial charge >= 0.3 is 0 Å². The molecular formula is C63H66N6. The number of anilines is 2. The molecule has 2 saturated heterocycles. The third-order valence-electron chi connectivity index (χ3n) is 18.2. The molecule has 4 N–H and O–H groups in total. The highest BCUT2D eigenvalue weighted by Gasteiger charge is 2.58. The van der Waals surface area contributed by atoms with Crippen molar-refractivity contribution < 1.29 is 0 Å². The van der Waals surface area contributed by atoms with E-state index in [0.29, 0.717) is 59.8 Å². The summed E-state index contributed by atoms with van der Waals surface area (Å²) in [6.45, 7) is 0.933. The molecule has 6 heteroatoms. The number of hydrogen-bond donors (Lipinski definition) is 4. The molecule has 5 aliphatic heterocycles. The van der Waals surface area contributed by atoms with Gasteiger partial charge in [0.1, 0.15) is 0 Å². The van der Waals surface area contributed by atoms with Crippen LogP contribution in [0, 0.1) is 29.6 Å². The van der Waals surface area contributed by atoms with Crippen LogP contribution in [0.4, 0.5) is 11.4 Å². The molecule has 1 saturated carbocycles. The molecule has 6 aliphatic carbocycles. The zero-order chi connectivity index (χ0) is 45.4. The predicted octanol–water partition coefficient (Wildman–Crippen LogP) is 12.1. The van der Waals surface area contributed by atoms with Gasteiger partial charge in [-0.3, -0.25) is 10.6 Å². The van der Waals surface area contributed by atoms with E-state index < -0.39 is 0 Å². The van der Waals surface area contributed by atoms with Gasteiger partial charge in [-0.15, -0.1) is 0 Å². The van der Waals surface area contributed by atoms with Gasteiger partial charge in [-0.05, 0) is 158 Å². The lowest BCUT2D eigenvalue weighted by atomic mass is 9.78. The molecule has 5 heterocycles. The minimum absolute atomic E-state index is 0.0828. The highest BCUT2D eigenvalue weighted by Crippen LogP contribution is 2.64. The molecular weight excluding hydrogens is 841 g/mol. The van der Waals surface area contributed by atoms with Gasteiger partial charge in [-0.25, -0.2) is 0 Å². The van der Waals surface area contributed by atoms with Crippen LogP contribution in [0.2, 0.25) is 0 Å². The van der Waals surface area contributed by atoms with Gasteiger partial charge in [0.2, 0.25) is 0 Å². The fraction of sp³-hybridized carbons (Fsp3) is 0.365. The topological polar surface area (TPSA) is 54.6 Å². The number of hydrogen-bond acceptors (Lipinski definition) is 6. The number of rotatable bonds is 8. The lowest BCUT2D eigenvalue weighted by Crippen LogP contribution is -2.56. The molecule has 0 bridgehead atoms. The fourth-order valence-corrected chi connectivity index (χ4v) is 14.7. The number of fused-ring (bicyclic) bond motifs is 7. The molecule has 0 radical (unpaired) electrons. The molecule has 13 unspecified atom stereocenters. The van der Waals surface area contributed by atoms with Crippen molar-refractivity contribution in [1.82, 2.24) is 21.3 Å². The second-order valence-electron chi connectivity index (χ2n) is 21.8.